The topological polar surface area (TPSA) is 50.2 Å². The first-order valence-corrected chi connectivity index (χ1v) is 9.10. The third kappa shape index (κ3) is 4.55. The number of rotatable bonds is 6. The first-order chi connectivity index (χ1) is 12.0. The summed E-state index contributed by atoms with van der Waals surface area (Å²) in [5, 5.41) is 3.54. The van der Waals surface area contributed by atoms with Crippen LogP contribution < -0.4 is 11.0 Å². The number of aromatic nitrogens is 2. The Bertz CT molecular complexity index is 784. The lowest BCUT2D eigenvalue weighted by molar-refractivity contribution is 0.229. The Kier molecular flexibility index (Phi) is 5.66. The van der Waals surface area contributed by atoms with Crippen LogP contribution >= 0.6 is 0 Å². The van der Waals surface area contributed by atoms with Crippen molar-refractivity contribution >= 4 is 0 Å². The molecule has 134 valence electrons. The average molecular weight is 340 g/mol. The molecule has 5 nitrogen and oxygen atoms in total. The van der Waals surface area contributed by atoms with Gasteiger partial charge in [-0.15, -0.1) is 0 Å². The van der Waals surface area contributed by atoms with Gasteiger partial charge in [-0.3, -0.25) is 9.47 Å². The van der Waals surface area contributed by atoms with E-state index in [1.807, 2.05) is 19.9 Å². The molecule has 1 aliphatic heterocycles. The number of hydrogen-bond donors (Lipinski definition) is 1. The zero-order valence-electron chi connectivity index (χ0n) is 15.5. The van der Waals surface area contributed by atoms with Gasteiger partial charge in [-0.1, -0.05) is 24.3 Å². The molecule has 1 aromatic heterocycles. The van der Waals surface area contributed by atoms with Crippen LogP contribution in [0.5, 0.6) is 0 Å². The number of nitrogens with zero attached hydrogens (tertiary/aromatic N) is 3. The Morgan fingerprint density at radius 1 is 1.24 bits per heavy atom. The highest BCUT2D eigenvalue weighted by atomic mass is 16.1. The fourth-order valence-electron chi connectivity index (χ4n) is 3.63. The molecule has 0 unspecified atom stereocenters. The number of benzene rings is 1. The average Bonchev–Trinajstić information content (AvgIpc) is 2.57. The standard InChI is InChI=1S/C20H28N4O/c1-15-12-17(3)24(20(25)22-15)11-9-21-16(2)13-23-10-8-18-6-4-5-7-19(18)14-23/h4-7,12,16,21H,8-11,13-14H2,1-3H3/t16-/m1/s1. The summed E-state index contributed by atoms with van der Waals surface area (Å²) >= 11 is 0. The minimum Gasteiger partial charge on any atom is -0.311 e. The molecule has 2 heterocycles. The molecule has 1 aliphatic rings. The van der Waals surface area contributed by atoms with E-state index in [1.54, 1.807) is 4.57 Å². The van der Waals surface area contributed by atoms with Crippen molar-refractivity contribution in [2.45, 2.75) is 46.3 Å². The molecule has 0 aliphatic carbocycles. The van der Waals surface area contributed by atoms with E-state index in [2.05, 4.69) is 46.4 Å². The second-order valence-electron chi connectivity index (χ2n) is 7.08. The maximum atomic E-state index is 12.0. The predicted octanol–water partition coefficient (Wildman–Crippen LogP) is 1.90. The molecular weight excluding hydrogens is 312 g/mol. The zero-order chi connectivity index (χ0) is 17.8. The fraction of sp³-hybridized carbons (Fsp3) is 0.500. The van der Waals surface area contributed by atoms with Crippen molar-refractivity contribution < 1.29 is 0 Å². The summed E-state index contributed by atoms with van der Waals surface area (Å²) in [4.78, 5) is 18.5. The summed E-state index contributed by atoms with van der Waals surface area (Å²) in [6.45, 7) is 10.6. The number of fused-ring (bicyclic) bond motifs is 1. The molecule has 1 aromatic carbocycles. The molecule has 0 saturated carbocycles. The summed E-state index contributed by atoms with van der Waals surface area (Å²) in [6, 6.07) is 11.1. The van der Waals surface area contributed by atoms with Crippen molar-refractivity contribution in [1.29, 1.82) is 0 Å². The lowest BCUT2D eigenvalue weighted by Gasteiger charge is -2.31. The maximum absolute atomic E-state index is 12.0. The van der Waals surface area contributed by atoms with E-state index in [-0.39, 0.29) is 5.69 Å². The highest BCUT2D eigenvalue weighted by molar-refractivity contribution is 5.29. The van der Waals surface area contributed by atoms with Crippen LogP contribution in [-0.4, -0.2) is 40.1 Å². The molecule has 0 spiro atoms. The van der Waals surface area contributed by atoms with E-state index in [4.69, 9.17) is 0 Å². The molecule has 0 fully saturated rings. The summed E-state index contributed by atoms with van der Waals surface area (Å²) in [7, 11) is 0. The summed E-state index contributed by atoms with van der Waals surface area (Å²) in [5.41, 5.74) is 4.54. The lowest BCUT2D eigenvalue weighted by atomic mass is 10.00. The predicted molar refractivity (Wildman–Crippen MR) is 101 cm³/mol. The molecule has 25 heavy (non-hydrogen) atoms. The second-order valence-corrected chi connectivity index (χ2v) is 7.08. The van der Waals surface area contributed by atoms with Gasteiger partial charge in [0.05, 0.1) is 0 Å². The second kappa shape index (κ2) is 7.93. The highest BCUT2D eigenvalue weighted by Gasteiger charge is 2.17. The van der Waals surface area contributed by atoms with Crippen LogP contribution in [0.1, 0.15) is 29.4 Å². The van der Waals surface area contributed by atoms with Crippen molar-refractivity contribution in [1.82, 2.24) is 19.8 Å². The van der Waals surface area contributed by atoms with Crippen molar-refractivity contribution in [3.63, 3.8) is 0 Å². The van der Waals surface area contributed by atoms with Gasteiger partial charge in [-0.25, -0.2) is 4.79 Å². The third-order valence-electron chi connectivity index (χ3n) is 4.92. The number of hydrogen-bond acceptors (Lipinski definition) is 4. The molecule has 0 saturated heterocycles. The lowest BCUT2D eigenvalue weighted by Crippen LogP contribution is -2.43. The van der Waals surface area contributed by atoms with Crippen LogP contribution in [0.25, 0.3) is 0 Å². The Morgan fingerprint density at radius 3 is 2.76 bits per heavy atom. The molecule has 2 aromatic rings. The highest BCUT2D eigenvalue weighted by Crippen LogP contribution is 2.18. The summed E-state index contributed by atoms with van der Waals surface area (Å²) < 4.78 is 1.74. The molecule has 5 heteroatoms. The van der Waals surface area contributed by atoms with E-state index in [1.165, 1.54) is 11.1 Å². The Hall–Kier alpha value is -1.98. The molecule has 1 atom stereocenters. The van der Waals surface area contributed by atoms with Crippen LogP contribution in [0.4, 0.5) is 0 Å². The van der Waals surface area contributed by atoms with Gasteiger partial charge in [0.2, 0.25) is 0 Å². The monoisotopic (exact) mass is 340 g/mol. The van der Waals surface area contributed by atoms with Gasteiger partial charge in [0, 0.05) is 50.2 Å². The molecule has 0 bridgehead atoms. The van der Waals surface area contributed by atoms with Gasteiger partial charge < -0.3 is 5.32 Å². The Labute approximate surface area is 149 Å². The van der Waals surface area contributed by atoms with Crippen LogP contribution in [0, 0.1) is 13.8 Å². The van der Waals surface area contributed by atoms with Crippen molar-refractivity contribution in [3.8, 4) is 0 Å². The van der Waals surface area contributed by atoms with Crippen LogP contribution in [0.3, 0.4) is 0 Å². The van der Waals surface area contributed by atoms with Gasteiger partial charge in [-0.2, -0.15) is 4.98 Å². The third-order valence-corrected chi connectivity index (χ3v) is 4.92. The van der Waals surface area contributed by atoms with Gasteiger partial charge in [-0.05, 0) is 44.4 Å². The van der Waals surface area contributed by atoms with Crippen molar-refractivity contribution in [2.24, 2.45) is 0 Å². The molecular formula is C20H28N4O. The fourth-order valence-corrected chi connectivity index (χ4v) is 3.63. The molecule has 3 rings (SSSR count). The summed E-state index contributed by atoms with van der Waals surface area (Å²) in [5.74, 6) is 0. The smallest absolute Gasteiger partial charge is 0.311 e. The van der Waals surface area contributed by atoms with Gasteiger partial charge in [0.1, 0.15) is 0 Å². The minimum absolute atomic E-state index is 0.153. The van der Waals surface area contributed by atoms with E-state index in [9.17, 15) is 4.79 Å². The van der Waals surface area contributed by atoms with Crippen LogP contribution in [0.15, 0.2) is 35.1 Å². The molecule has 1 N–H and O–H groups in total. The van der Waals surface area contributed by atoms with Gasteiger partial charge in [0.15, 0.2) is 0 Å². The van der Waals surface area contributed by atoms with E-state index in [0.29, 0.717) is 12.6 Å². The van der Waals surface area contributed by atoms with Crippen LogP contribution in [0.2, 0.25) is 0 Å². The largest absolute Gasteiger partial charge is 0.347 e. The zero-order valence-corrected chi connectivity index (χ0v) is 15.5. The SMILES string of the molecule is Cc1cc(C)n(CCN[C@H](C)CN2CCc3ccccc3C2)c(=O)n1. The van der Waals surface area contributed by atoms with E-state index in [0.717, 1.165) is 44.0 Å². The van der Waals surface area contributed by atoms with Gasteiger partial charge in [0.25, 0.3) is 0 Å². The normalized spacial score (nSPS) is 15.8. The quantitative estimate of drug-likeness (QED) is 0.873. The Morgan fingerprint density at radius 2 is 2.00 bits per heavy atom. The van der Waals surface area contributed by atoms with Gasteiger partial charge >= 0.3 is 5.69 Å². The van der Waals surface area contributed by atoms with Crippen molar-refractivity contribution in [3.05, 3.63) is 63.3 Å². The van der Waals surface area contributed by atoms with E-state index < -0.39 is 0 Å². The van der Waals surface area contributed by atoms with Crippen LogP contribution in [-0.2, 0) is 19.5 Å². The minimum atomic E-state index is -0.153. The summed E-state index contributed by atoms with van der Waals surface area (Å²) in [6.07, 6.45) is 1.13. The van der Waals surface area contributed by atoms with E-state index >= 15 is 0 Å². The number of nitrogens with one attached hydrogen (secondary N) is 1. The first-order valence-electron chi connectivity index (χ1n) is 9.10. The molecule has 0 amide bonds. The van der Waals surface area contributed by atoms with Crippen molar-refractivity contribution in [2.75, 3.05) is 19.6 Å². The Balaban J connectivity index is 1.48. The molecule has 0 radical (unpaired) electrons. The number of aryl methyl sites for hydroxylation is 2. The maximum Gasteiger partial charge on any atom is 0.347 e. The first kappa shape index (κ1) is 17.8.